The smallest absolute Gasteiger partial charge is 0.0274 e. The van der Waals surface area contributed by atoms with Gasteiger partial charge < -0.3 is 0 Å². The van der Waals surface area contributed by atoms with Crippen molar-refractivity contribution < 1.29 is 0 Å². The van der Waals surface area contributed by atoms with Gasteiger partial charge in [0.05, 0.1) is 0 Å². The first-order valence-electron chi connectivity index (χ1n) is 10.6. The summed E-state index contributed by atoms with van der Waals surface area (Å²) in [6.45, 7) is 11.5. The van der Waals surface area contributed by atoms with E-state index in [0.29, 0.717) is 0 Å². The summed E-state index contributed by atoms with van der Waals surface area (Å²) in [7, 11) is -0.139. The highest BCUT2D eigenvalue weighted by atomic mass is 28.3. The minimum atomic E-state index is -0.139. The predicted molar refractivity (Wildman–Crippen MR) is 110 cm³/mol. The number of hydrogen-bond donors (Lipinski definition) is 0. The summed E-state index contributed by atoms with van der Waals surface area (Å²) in [6.07, 6.45) is 23.4. The molecule has 0 fully saturated rings. The van der Waals surface area contributed by atoms with Crippen LogP contribution in [0.15, 0.2) is 0 Å². The van der Waals surface area contributed by atoms with Crippen molar-refractivity contribution in [1.29, 1.82) is 0 Å². The van der Waals surface area contributed by atoms with Crippen LogP contribution in [0.25, 0.3) is 0 Å². The zero-order valence-corrected chi connectivity index (χ0v) is 18.0. The Balaban J connectivity index is 0. The van der Waals surface area contributed by atoms with Crippen LogP contribution in [-0.2, 0) is 0 Å². The van der Waals surface area contributed by atoms with Crippen LogP contribution in [-0.4, -0.2) is 8.80 Å². The van der Waals surface area contributed by atoms with Crippen LogP contribution in [0, 0.1) is 0 Å². The maximum Gasteiger partial charge on any atom is 0.0274 e. The normalized spacial score (nSPS) is 10.6. The molecule has 136 valence electrons. The molecule has 0 saturated heterocycles. The minimum absolute atomic E-state index is 0.139. The molecule has 0 amide bonds. The van der Waals surface area contributed by atoms with E-state index >= 15 is 0 Å². The van der Waals surface area contributed by atoms with Crippen molar-refractivity contribution in [2.45, 2.75) is 136 Å². The predicted octanol–water partition coefficient (Wildman–Crippen LogP) is 8.37. The lowest BCUT2D eigenvalue weighted by molar-refractivity contribution is 0.531. The summed E-state index contributed by atoms with van der Waals surface area (Å²) in [5.41, 5.74) is 0. The van der Waals surface area contributed by atoms with Crippen LogP contribution in [0.4, 0.5) is 0 Å². The third-order valence-electron chi connectivity index (χ3n) is 3.96. The monoisotopic (exact) mass is 328 g/mol. The van der Waals surface area contributed by atoms with Gasteiger partial charge in [-0.05, 0) is 0 Å². The van der Waals surface area contributed by atoms with Gasteiger partial charge in [0.15, 0.2) is 0 Å². The van der Waals surface area contributed by atoms with E-state index in [9.17, 15) is 0 Å². The Morgan fingerprint density at radius 1 is 0.364 bits per heavy atom. The van der Waals surface area contributed by atoms with Crippen LogP contribution < -0.4 is 0 Å². The second-order valence-electron chi connectivity index (χ2n) is 7.68. The molecular weight excluding hydrogens is 280 g/mol. The topological polar surface area (TPSA) is 0 Å². The molecule has 0 nitrogen and oxygen atoms in total. The lowest BCUT2D eigenvalue weighted by atomic mass is 10.0. The summed E-state index contributed by atoms with van der Waals surface area (Å²) in [6, 6.07) is 0. The zero-order chi connectivity index (χ0) is 16.9. The SMILES string of the molecule is CCCCCCCCCCCCCCCCCC.C[SiH](C)C. The van der Waals surface area contributed by atoms with E-state index in [1.807, 2.05) is 0 Å². The molecule has 0 aromatic rings. The maximum atomic E-state index is 2.31. The molecule has 0 spiro atoms. The van der Waals surface area contributed by atoms with E-state index in [1.54, 1.807) is 0 Å². The third-order valence-corrected chi connectivity index (χ3v) is 3.96. The molecule has 0 aliphatic heterocycles. The van der Waals surface area contributed by atoms with Crippen LogP contribution >= 0.6 is 0 Å². The fraction of sp³-hybridized carbons (Fsp3) is 1.00. The summed E-state index contributed by atoms with van der Waals surface area (Å²) in [5, 5.41) is 0. The molecule has 1 heteroatoms. The number of rotatable bonds is 15. The lowest BCUT2D eigenvalue weighted by Crippen LogP contribution is -1.84. The van der Waals surface area contributed by atoms with E-state index in [2.05, 4.69) is 33.5 Å². The highest BCUT2D eigenvalue weighted by Crippen LogP contribution is 2.13. The molecule has 0 aliphatic rings. The molecule has 0 saturated carbocycles. The first-order chi connectivity index (χ1) is 10.6. The molecular formula is C21H48Si. The Labute approximate surface area is 145 Å². The number of unbranched alkanes of at least 4 members (excludes halogenated alkanes) is 15. The van der Waals surface area contributed by atoms with Gasteiger partial charge in [0.1, 0.15) is 0 Å². The molecule has 0 N–H and O–H groups in total. The van der Waals surface area contributed by atoms with Crippen molar-refractivity contribution in [3.05, 3.63) is 0 Å². The molecule has 0 aliphatic carbocycles. The van der Waals surface area contributed by atoms with Gasteiger partial charge in [0.25, 0.3) is 0 Å². The van der Waals surface area contributed by atoms with Gasteiger partial charge in [0, 0.05) is 8.80 Å². The first-order valence-corrected chi connectivity index (χ1v) is 14.1. The van der Waals surface area contributed by atoms with E-state index in [1.165, 1.54) is 103 Å². The van der Waals surface area contributed by atoms with Crippen LogP contribution in [0.3, 0.4) is 0 Å². The second kappa shape index (κ2) is 23.5. The van der Waals surface area contributed by atoms with E-state index in [0.717, 1.165) is 0 Å². The van der Waals surface area contributed by atoms with Crippen molar-refractivity contribution in [3.63, 3.8) is 0 Å². The highest BCUT2D eigenvalue weighted by Gasteiger charge is 1.93. The van der Waals surface area contributed by atoms with Gasteiger partial charge in [0.2, 0.25) is 0 Å². The summed E-state index contributed by atoms with van der Waals surface area (Å²) in [4.78, 5) is 0. The van der Waals surface area contributed by atoms with Crippen molar-refractivity contribution in [2.75, 3.05) is 0 Å². The van der Waals surface area contributed by atoms with Gasteiger partial charge in [-0.15, -0.1) is 0 Å². The van der Waals surface area contributed by atoms with Gasteiger partial charge in [-0.2, -0.15) is 0 Å². The first kappa shape index (κ1) is 24.5. The van der Waals surface area contributed by atoms with Gasteiger partial charge in [-0.3, -0.25) is 0 Å². The fourth-order valence-corrected chi connectivity index (χ4v) is 2.62. The van der Waals surface area contributed by atoms with Crippen LogP contribution in [0.1, 0.15) is 117 Å². The molecule has 0 aromatic carbocycles. The Hall–Kier alpha value is 0.217. The second-order valence-corrected chi connectivity index (χ2v) is 11.1. The average Bonchev–Trinajstić information content (AvgIpc) is 2.47. The largest absolute Gasteiger partial charge is 0.0724 e. The van der Waals surface area contributed by atoms with E-state index < -0.39 is 0 Å². The summed E-state index contributed by atoms with van der Waals surface area (Å²) in [5.74, 6) is 0. The Morgan fingerprint density at radius 2 is 0.500 bits per heavy atom. The molecule has 0 atom stereocenters. The quantitative estimate of drug-likeness (QED) is 0.209. The Bertz CT molecular complexity index is 147. The molecule has 0 unspecified atom stereocenters. The van der Waals surface area contributed by atoms with Gasteiger partial charge >= 0.3 is 0 Å². The van der Waals surface area contributed by atoms with Crippen molar-refractivity contribution in [3.8, 4) is 0 Å². The van der Waals surface area contributed by atoms with E-state index in [4.69, 9.17) is 0 Å². The Kier molecular flexibility index (Phi) is 26.1. The molecule has 22 heavy (non-hydrogen) atoms. The van der Waals surface area contributed by atoms with Gasteiger partial charge in [-0.25, -0.2) is 0 Å². The molecule has 0 aromatic heterocycles. The molecule has 0 rings (SSSR count). The zero-order valence-electron chi connectivity index (χ0n) is 16.9. The van der Waals surface area contributed by atoms with Crippen molar-refractivity contribution in [1.82, 2.24) is 0 Å². The highest BCUT2D eigenvalue weighted by molar-refractivity contribution is 6.54. The molecule has 0 bridgehead atoms. The van der Waals surface area contributed by atoms with Crippen LogP contribution in [0.5, 0.6) is 0 Å². The van der Waals surface area contributed by atoms with Crippen molar-refractivity contribution in [2.24, 2.45) is 0 Å². The Morgan fingerprint density at radius 3 is 0.636 bits per heavy atom. The van der Waals surface area contributed by atoms with Gasteiger partial charge in [-0.1, -0.05) is 136 Å². The fourth-order valence-electron chi connectivity index (χ4n) is 2.62. The standard InChI is InChI=1S/C18H38.C3H10Si/c1-3-5-7-9-11-13-15-17-18-16-14-12-10-8-6-4-2;1-4(2)3/h3-18H2,1-2H3;4H,1-3H3. The number of hydrogen-bond acceptors (Lipinski definition) is 0. The minimum Gasteiger partial charge on any atom is -0.0724 e. The van der Waals surface area contributed by atoms with Crippen molar-refractivity contribution >= 4 is 8.80 Å². The summed E-state index contributed by atoms with van der Waals surface area (Å²) < 4.78 is 0. The third kappa shape index (κ3) is 32.2. The molecule has 0 radical (unpaired) electrons. The molecule has 0 heterocycles. The average molecular weight is 329 g/mol. The lowest BCUT2D eigenvalue weighted by Gasteiger charge is -2.03. The van der Waals surface area contributed by atoms with Crippen LogP contribution in [0.2, 0.25) is 19.6 Å². The maximum absolute atomic E-state index is 2.31. The van der Waals surface area contributed by atoms with E-state index in [-0.39, 0.29) is 8.80 Å². The summed E-state index contributed by atoms with van der Waals surface area (Å²) >= 11 is 0.